The van der Waals surface area contributed by atoms with Crippen molar-refractivity contribution in [2.75, 3.05) is 32.8 Å². The van der Waals surface area contributed by atoms with Crippen molar-refractivity contribution < 1.29 is 32.7 Å². The van der Waals surface area contributed by atoms with E-state index in [1.807, 2.05) is 6.92 Å². The average Bonchev–Trinajstić information content (AvgIpc) is 3.63. The van der Waals surface area contributed by atoms with Gasteiger partial charge in [0.25, 0.3) is 15.9 Å². The van der Waals surface area contributed by atoms with Gasteiger partial charge in [0.1, 0.15) is 11.6 Å². The molecule has 17 heteroatoms. The Morgan fingerprint density at radius 1 is 1.27 bits per heavy atom. The summed E-state index contributed by atoms with van der Waals surface area (Å²) in [6.45, 7) is 3.98. The first-order valence-electron chi connectivity index (χ1n) is 14.1. The maximum absolute atomic E-state index is 13.8. The number of sulfonamides is 1. The molecule has 0 bridgehead atoms. The van der Waals surface area contributed by atoms with Gasteiger partial charge in [-0.15, -0.1) is 11.3 Å². The Kier molecular flexibility index (Phi) is 9.19. The summed E-state index contributed by atoms with van der Waals surface area (Å²) in [5.74, 6) is -1.63. The minimum absolute atomic E-state index is 0.0105. The number of aromatic nitrogens is 2. The molecule has 236 valence electrons. The molecular weight excluding hydrogens is 612 g/mol. The number of amides is 2. The maximum atomic E-state index is 13.8. The second-order valence-corrected chi connectivity index (χ2v) is 13.6. The van der Waals surface area contributed by atoms with E-state index in [1.54, 1.807) is 25.1 Å². The summed E-state index contributed by atoms with van der Waals surface area (Å²) in [5.41, 5.74) is 7.41. The van der Waals surface area contributed by atoms with Crippen molar-refractivity contribution in [2.45, 2.75) is 50.3 Å². The van der Waals surface area contributed by atoms with Crippen LogP contribution in [0.5, 0.6) is 0 Å². The highest BCUT2D eigenvalue weighted by Crippen LogP contribution is 2.28. The highest BCUT2D eigenvalue weighted by molar-refractivity contribution is 7.89. The number of nitrogens with two attached hydrogens (primary N) is 1. The van der Waals surface area contributed by atoms with Crippen LogP contribution in [0.25, 0.3) is 10.9 Å². The minimum atomic E-state index is -4.08. The third-order valence-electron chi connectivity index (χ3n) is 7.55. The van der Waals surface area contributed by atoms with Crippen molar-refractivity contribution in [3.63, 3.8) is 0 Å². The van der Waals surface area contributed by atoms with E-state index < -0.39 is 27.9 Å². The van der Waals surface area contributed by atoms with Crippen LogP contribution in [0, 0.1) is 0 Å². The number of esters is 1. The molecule has 2 unspecified atom stereocenters. The van der Waals surface area contributed by atoms with E-state index in [4.69, 9.17) is 15.7 Å². The number of benzene rings is 1. The number of carbonyl (C=O) groups is 3. The number of hydrogen-bond donors (Lipinski definition) is 5. The van der Waals surface area contributed by atoms with Crippen LogP contribution in [-0.4, -0.2) is 101 Å². The van der Waals surface area contributed by atoms with E-state index >= 15 is 0 Å². The lowest BCUT2D eigenvalue weighted by atomic mass is 10.1. The van der Waals surface area contributed by atoms with Gasteiger partial charge in [0, 0.05) is 66.4 Å². The molecule has 2 atom stereocenters. The Morgan fingerprint density at radius 2 is 2.07 bits per heavy atom. The highest BCUT2D eigenvalue weighted by atomic mass is 32.2. The van der Waals surface area contributed by atoms with Gasteiger partial charge in [-0.05, 0) is 26.0 Å². The number of piperazine rings is 1. The van der Waals surface area contributed by atoms with Gasteiger partial charge in [-0.2, -0.15) is 4.31 Å². The molecule has 0 radical (unpaired) electrons. The summed E-state index contributed by atoms with van der Waals surface area (Å²) >= 11 is 1.29. The van der Waals surface area contributed by atoms with Gasteiger partial charge in [-0.1, -0.05) is 17.3 Å². The number of rotatable bonds is 9. The number of aromatic amines is 1. The predicted molar refractivity (Wildman–Crippen MR) is 161 cm³/mol. The zero-order valence-electron chi connectivity index (χ0n) is 24.2. The van der Waals surface area contributed by atoms with E-state index in [2.05, 4.69) is 25.8 Å². The molecule has 5 rings (SSSR count). The van der Waals surface area contributed by atoms with Crippen molar-refractivity contribution in [3.8, 4) is 0 Å². The second-order valence-electron chi connectivity index (χ2n) is 10.6. The van der Waals surface area contributed by atoms with Crippen LogP contribution in [0.1, 0.15) is 46.2 Å². The summed E-state index contributed by atoms with van der Waals surface area (Å²) < 4.78 is 33.7. The summed E-state index contributed by atoms with van der Waals surface area (Å²) in [7, 11) is -4.08. The van der Waals surface area contributed by atoms with Crippen LogP contribution in [-0.2, 0) is 37.3 Å². The molecule has 15 nitrogen and oxygen atoms in total. The molecule has 44 heavy (non-hydrogen) atoms. The van der Waals surface area contributed by atoms with Gasteiger partial charge in [-0.3, -0.25) is 14.4 Å². The van der Waals surface area contributed by atoms with Crippen LogP contribution in [0.3, 0.4) is 0 Å². The number of H-pyrrole nitrogens is 1. The number of amidine groups is 1. The van der Waals surface area contributed by atoms with Gasteiger partial charge >= 0.3 is 5.97 Å². The fraction of sp³-hybridized carbons (Fsp3) is 0.444. The molecule has 6 N–H and O–H groups in total. The molecule has 2 aliphatic rings. The standard InChI is InChI=1S/C27H34N8O7S2/c1-3-42-24(37)13-30-22(36)11-18-14-34(6-7-35(18)27(38)26-32-20-8-15(2)29-12-21(20)43-26)44(40,41)23-10-16-4-5-17(25(28)33-39)9-19(16)31-23/h4-5,9-10,15,18,29,31,39H,3,6-8,11-14H2,1-2H3,(H2,28,33)(H,30,36). The smallest absolute Gasteiger partial charge is 0.325 e. The molecule has 3 aromatic rings. The van der Waals surface area contributed by atoms with Crippen LogP contribution >= 0.6 is 11.3 Å². The molecule has 2 aromatic heterocycles. The molecule has 0 spiro atoms. The summed E-state index contributed by atoms with van der Waals surface area (Å²) in [6, 6.07) is 5.70. The van der Waals surface area contributed by atoms with Gasteiger partial charge in [0.15, 0.2) is 10.8 Å². The van der Waals surface area contributed by atoms with Gasteiger partial charge in [0.2, 0.25) is 5.91 Å². The molecule has 4 heterocycles. The lowest BCUT2D eigenvalue weighted by Gasteiger charge is -2.40. The fourth-order valence-electron chi connectivity index (χ4n) is 5.28. The number of ether oxygens (including phenoxy) is 1. The van der Waals surface area contributed by atoms with Crippen LogP contribution < -0.4 is 16.4 Å². The summed E-state index contributed by atoms with van der Waals surface area (Å²) in [4.78, 5) is 48.4. The summed E-state index contributed by atoms with van der Waals surface area (Å²) in [6.07, 6.45) is 0.451. The molecule has 1 fully saturated rings. The number of hydrogen-bond acceptors (Lipinski definition) is 11. The van der Waals surface area contributed by atoms with Gasteiger partial charge in [-0.25, -0.2) is 13.4 Å². The van der Waals surface area contributed by atoms with Crippen molar-refractivity contribution >= 4 is 55.9 Å². The van der Waals surface area contributed by atoms with Crippen molar-refractivity contribution in [1.29, 1.82) is 0 Å². The molecule has 2 amide bonds. The van der Waals surface area contributed by atoms with E-state index in [1.165, 1.54) is 26.6 Å². The minimum Gasteiger partial charge on any atom is -0.465 e. The molecule has 1 saturated heterocycles. The number of nitrogens with zero attached hydrogens (tertiary/aromatic N) is 4. The third kappa shape index (κ3) is 6.54. The van der Waals surface area contributed by atoms with E-state index in [-0.39, 0.29) is 67.0 Å². The van der Waals surface area contributed by atoms with Crippen LogP contribution in [0.15, 0.2) is 34.4 Å². The van der Waals surface area contributed by atoms with Crippen LogP contribution in [0.4, 0.5) is 0 Å². The van der Waals surface area contributed by atoms with Gasteiger partial charge < -0.3 is 36.2 Å². The first-order valence-corrected chi connectivity index (χ1v) is 16.3. The number of fused-ring (bicyclic) bond motifs is 2. The topological polar surface area (TPSA) is 212 Å². The van der Waals surface area contributed by atoms with Crippen molar-refractivity contribution in [1.82, 2.24) is 29.8 Å². The molecule has 0 aliphatic carbocycles. The largest absolute Gasteiger partial charge is 0.465 e. The van der Waals surface area contributed by atoms with Crippen LogP contribution in [0.2, 0.25) is 0 Å². The molecule has 2 aliphatic heterocycles. The van der Waals surface area contributed by atoms with E-state index in [9.17, 15) is 22.8 Å². The molecule has 0 saturated carbocycles. The highest BCUT2D eigenvalue weighted by Gasteiger charge is 2.39. The Morgan fingerprint density at radius 3 is 2.82 bits per heavy atom. The number of carbonyl (C=O) groups excluding carboxylic acids is 3. The van der Waals surface area contributed by atoms with E-state index in [0.717, 1.165) is 10.6 Å². The monoisotopic (exact) mass is 646 g/mol. The summed E-state index contributed by atoms with van der Waals surface area (Å²) in [5, 5.41) is 18.6. The molecular formula is C27H34N8O7S2. The van der Waals surface area contributed by atoms with Crippen molar-refractivity contribution in [3.05, 3.63) is 45.4 Å². The van der Waals surface area contributed by atoms with Gasteiger partial charge in [0.05, 0.1) is 18.3 Å². The Labute approximate surface area is 257 Å². The first-order chi connectivity index (χ1) is 21.0. The Hall–Kier alpha value is -4.06. The zero-order valence-corrected chi connectivity index (χ0v) is 25.8. The normalized spacial score (nSPS) is 19.5. The predicted octanol–water partition coefficient (Wildman–Crippen LogP) is 0.338. The number of oxime groups is 1. The fourth-order valence-corrected chi connectivity index (χ4v) is 7.76. The lowest BCUT2D eigenvalue weighted by Crippen LogP contribution is -2.57. The SMILES string of the molecule is CCOC(=O)CNC(=O)CC1CN(S(=O)(=O)c2cc3ccc(C(N)=NO)cc3[nH]2)CCN1C(=O)c1nc2c(s1)CNC(C)C2. The number of thiazole rings is 1. The zero-order chi connectivity index (χ0) is 31.6. The number of nitrogens with one attached hydrogen (secondary N) is 3. The maximum Gasteiger partial charge on any atom is 0.325 e. The first kappa shape index (κ1) is 31.4. The average molecular weight is 647 g/mol. The van der Waals surface area contributed by atoms with Crippen molar-refractivity contribution in [2.24, 2.45) is 10.9 Å². The third-order valence-corrected chi connectivity index (χ3v) is 10.4. The lowest BCUT2D eigenvalue weighted by molar-refractivity contribution is -0.143. The van der Waals surface area contributed by atoms with E-state index in [0.29, 0.717) is 29.4 Å². The second kappa shape index (κ2) is 12.9. The Bertz CT molecular complexity index is 1720. The molecule has 1 aromatic carbocycles. The Balaban J connectivity index is 1.39. The quantitative estimate of drug-likeness (QED) is 0.0707.